The number of carbonyl (C=O) groups is 2. The predicted octanol–water partition coefficient (Wildman–Crippen LogP) is 2.24. The van der Waals surface area contributed by atoms with E-state index in [1.54, 1.807) is 0 Å². The van der Waals surface area contributed by atoms with E-state index in [-0.39, 0.29) is 23.7 Å². The van der Waals surface area contributed by atoms with Crippen molar-refractivity contribution in [2.75, 3.05) is 12.4 Å². The molecule has 1 aliphatic rings. The van der Waals surface area contributed by atoms with Gasteiger partial charge in [0, 0.05) is 0 Å². The van der Waals surface area contributed by atoms with Crippen molar-refractivity contribution in [1.29, 1.82) is 0 Å². The van der Waals surface area contributed by atoms with Gasteiger partial charge in [0.2, 0.25) is 5.91 Å². The van der Waals surface area contributed by atoms with Crippen LogP contribution in [0.3, 0.4) is 0 Å². The van der Waals surface area contributed by atoms with Crippen molar-refractivity contribution < 1.29 is 18.7 Å². The molecule has 0 saturated heterocycles. The number of anilines is 1. The molecule has 116 valence electrons. The van der Waals surface area contributed by atoms with E-state index in [4.69, 9.17) is 5.73 Å². The number of ether oxygens (including phenoxy) is 1. The summed E-state index contributed by atoms with van der Waals surface area (Å²) in [4.78, 5) is 23.5. The first-order valence-electron chi connectivity index (χ1n) is 6.44. The number of amides is 1. The second kappa shape index (κ2) is 6.87. The van der Waals surface area contributed by atoms with E-state index in [9.17, 15) is 14.0 Å². The smallest absolute Gasteiger partial charge is 0.337 e. The average molecular weight is 317 g/mol. The van der Waals surface area contributed by atoms with Crippen LogP contribution in [0.4, 0.5) is 10.1 Å². The van der Waals surface area contributed by atoms with Crippen LogP contribution in [-0.4, -0.2) is 24.5 Å². The number of carbonyl (C=O) groups excluding carboxylic acids is 2. The van der Waals surface area contributed by atoms with E-state index in [1.807, 2.05) is 0 Å². The summed E-state index contributed by atoms with van der Waals surface area (Å²) in [5.41, 5.74) is 5.16. The molecule has 0 aromatic heterocycles. The fraction of sp³-hybridized carbons (Fsp3) is 0.429. The van der Waals surface area contributed by atoms with E-state index in [0.717, 1.165) is 18.9 Å². The molecule has 1 amide bonds. The summed E-state index contributed by atoms with van der Waals surface area (Å²) < 4.78 is 18.3. The SMILES string of the molecule is COC(=O)c1ccc(F)c(NC(=O)C2(N)CCCC2)c1.Cl. The van der Waals surface area contributed by atoms with Crippen molar-refractivity contribution in [2.45, 2.75) is 31.2 Å². The molecular formula is C14H18ClFN2O3. The van der Waals surface area contributed by atoms with Gasteiger partial charge >= 0.3 is 5.97 Å². The lowest BCUT2D eigenvalue weighted by atomic mass is 9.98. The van der Waals surface area contributed by atoms with Crippen LogP contribution in [0.15, 0.2) is 18.2 Å². The van der Waals surface area contributed by atoms with Crippen LogP contribution in [0.1, 0.15) is 36.0 Å². The molecule has 0 spiro atoms. The van der Waals surface area contributed by atoms with Crippen LogP contribution >= 0.6 is 12.4 Å². The maximum atomic E-state index is 13.7. The fourth-order valence-corrected chi connectivity index (χ4v) is 2.35. The Bertz CT molecular complexity index is 545. The second-order valence-corrected chi connectivity index (χ2v) is 5.00. The number of nitrogens with one attached hydrogen (secondary N) is 1. The summed E-state index contributed by atoms with van der Waals surface area (Å²) >= 11 is 0. The number of halogens is 2. The molecule has 1 aromatic carbocycles. The van der Waals surface area contributed by atoms with Gasteiger partial charge in [-0.2, -0.15) is 0 Å². The van der Waals surface area contributed by atoms with Crippen LogP contribution in [0.2, 0.25) is 0 Å². The van der Waals surface area contributed by atoms with Gasteiger partial charge in [-0.25, -0.2) is 9.18 Å². The maximum absolute atomic E-state index is 13.7. The standard InChI is InChI=1S/C14H17FN2O3.ClH/c1-20-12(18)9-4-5-10(15)11(8-9)17-13(19)14(16)6-2-3-7-14;/h4-5,8H,2-3,6-7,16H2,1H3,(H,17,19);1H. The highest BCUT2D eigenvalue weighted by atomic mass is 35.5. The van der Waals surface area contributed by atoms with E-state index in [0.29, 0.717) is 12.8 Å². The van der Waals surface area contributed by atoms with Gasteiger partial charge in [0.15, 0.2) is 0 Å². The quantitative estimate of drug-likeness (QED) is 0.838. The first-order chi connectivity index (χ1) is 9.46. The van der Waals surface area contributed by atoms with Gasteiger partial charge < -0.3 is 15.8 Å². The lowest BCUT2D eigenvalue weighted by Gasteiger charge is -2.22. The summed E-state index contributed by atoms with van der Waals surface area (Å²) in [6.45, 7) is 0. The molecule has 1 saturated carbocycles. The topological polar surface area (TPSA) is 81.4 Å². The largest absolute Gasteiger partial charge is 0.465 e. The number of hydrogen-bond acceptors (Lipinski definition) is 4. The highest BCUT2D eigenvalue weighted by molar-refractivity contribution is 5.99. The van der Waals surface area contributed by atoms with Crippen LogP contribution < -0.4 is 11.1 Å². The van der Waals surface area contributed by atoms with Gasteiger partial charge in [-0.05, 0) is 31.0 Å². The van der Waals surface area contributed by atoms with Gasteiger partial charge in [-0.15, -0.1) is 12.4 Å². The highest BCUT2D eigenvalue weighted by Gasteiger charge is 2.37. The van der Waals surface area contributed by atoms with Crippen molar-refractivity contribution in [3.05, 3.63) is 29.6 Å². The Balaban J connectivity index is 0.00000220. The summed E-state index contributed by atoms with van der Waals surface area (Å²) in [6, 6.07) is 3.65. The van der Waals surface area contributed by atoms with Crippen molar-refractivity contribution in [3.8, 4) is 0 Å². The van der Waals surface area contributed by atoms with E-state index in [2.05, 4.69) is 10.1 Å². The summed E-state index contributed by atoms with van der Waals surface area (Å²) in [5.74, 6) is -1.63. The number of esters is 1. The van der Waals surface area contributed by atoms with Crippen molar-refractivity contribution in [3.63, 3.8) is 0 Å². The van der Waals surface area contributed by atoms with E-state index >= 15 is 0 Å². The van der Waals surface area contributed by atoms with Crippen LogP contribution in [0.25, 0.3) is 0 Å². The zero-order valence-corrected chi connectivity index (χ0v) is 12.5. The molecular weight excluding hydrogens is 299 g/mol. The number of nitrogens with two attached hydrogens (primary N) is 1. The van der Waals surface area contributed by atoms with Gasteiger partial charge in [-0.1, -0.05) is 12.8 Å². The third kappa shape index (κ3) is 3.71. The number of hydrogen-bond donors (Lipinski definition) is 2. The first-order valence-corrected chi connectivity index (χ1v) is 6.44. The maximum Gasteiger partial charge on any atom is 0.337 e. The highest BCUT2D eigenvalue weighted by Crippen LogP contribution is 2.29. The third-order valence-corrected chi connectivity index (χ3v) is 3.58. The minimum absolute atomic E-state index is 0. The monoisotopic (exact) mass is 316 g/mol. The Morgan fingerprint density at radius 2 is 1.95 bits per heavy atom. The molecule has 1 aliphatic carbocycles. The fourth-order valence-electron chi connectivity index (χ4n) is 2.35. The van der Waals surface area contributed by atoms with Crippen LogP contribution in [-0.2, 0) is 9.53 Å². The number of rotatable bonds is 3. The molecule has 5 nitrogen and oxygen atoms in total. The van der Waals surface area contributed by atoms with Gasteiger partial charge in [0.05, 0.1) is 23.9 Å². The molecule has 0 atom stereocenters. The first kappa shape index (κ1) is 17.4. The van der Waals surface area contributed by atoms with E-state index in [1.165, 1.54) is 19.2 Å². The minimum atomic E-state index is -0.951. The summed E-state index contributed by atoms with van der Waals surface area (Å²) in [5, 5.41) is 2.47. The molecule has 0 bridgehead atoms. The molecule has 2 rings (SSSR count). The predicted molar refractivity (Wildman–Crippen MR) is 79.0 cm³/mol. The summed E-state index contributed by atoms with van der Waals surface area (Å²) in [6.07, 6.45) is 2.93. The normalized spacial score (nSPS) is 16.0. The molecule has 21 heavy (non-hydrogen) atoms. The van der Waals surface area contributed by atoms with Crippen LogP contribution in [0, 0.1) is 5.82 Å². The van der Waals surface area contributed by atoms with Crippen molar-refractivity contribution in [2.24, 2.45) is 5.73 Å². The van der Waals surface area contributed by atoms with Crippen LogP contribution in [0.5, 0.6) is 0 Å². The van der Waals surface area contributed by atoms with E-state index < -0.39 is 23.2 Å². The zero-order valence-electron chi connectivity index (χ0n) is 11.6. The molecule has 1 fully saturated rings. The summed E-state index contributed by atoms with van der Waals surface area (Å²) in [7, 11) is 1.23. The zero-order chi connectivity index (χ0) is 14.8. The minimum Gasteiger partial charge on any atom is -0.465 e. The second-order valence-electron chi connectivity index (χ2n) is 5.00. The molecule has 0 heterocycles. The molecule has 0 unspecified atom stereocenters. The molecule has 0 radical (unpaired) electrons. The van der Waals surface area contributed by atoms with Gasteiger partial charge in [0.25, 0.3) is 0 Å². The lowest BCUT2D eigenvalue weighted by Crippen LogP contribution is -2.48. The molecule has 7 heteroatoms. The Morgan fingerprint density at radius 3 is 2.52 bits per heavy atom. The molecule has 1 aromatic rings. The Hall–Kier alpha value is -1.66. The molecule has 3 N–H and O–H groups in total. The Kier molecular flexibility index (Phi) is 5.69. The lowest BCUT2D eigenvalue weighted by molar-refractivity contribution is -0.121. The average Bonchev–Trinajstić information content (AvgIpc) is 2.88. The Labute approximate surface area is 128 Å². The number of methoxy groups -OCH3 is 1. The third-order valence-electron chi connectivity index (χ3n) is 3.58. The molecule has 0 aliphatic heterocycles. The van der Waals surface area contributed by atoms with Gasteiger partial charge in [-0.3, -0.25) is 4.79 Å². The van der Waals surface area contributed by atoms with Crippen molar-refractivity contribution in [1.82, 2.24) is 0 Å². The van der Waals surface area contributed by atoms with Crippen molar-refractivity contribution >= 4 is 30.0 Å². The Morgan fingerprint density at radius 1 is 1.33 bits per heavy atom. The number of benzene rings is 1. The van der Waals surface area contributed by atoms with Gasteiger partial charge in [0.1, 0.15) is 5.82 Å².